The van der Waals surface area contributed by atoms with Gasteiger partial charge in [-0.05, 0) is 43.2 Å². The van der Waals surface area contributed by atoms with Gasteiger partial charge in [0.25, 0.3) is 0 Å². The van der Waals surface area contributed by atoms with Crippen molar-refractivity contribution in [2.45, 2.75) is 45.3 Å². The number of hydrogen-bond acceptors (Lipinski definition) is 2. The molecule has 3 nitrogen and oxygen atoms in total. The number of para-hydroxylation sites is 1. The number of aryl methyl sites for hydroxylation is 1. The number of benzene rings is 1. The van der Waals surface area contributed by atoms with Crippen molar-refractivity contribution in [2.24, 2.45) is 0 Å². The molecule has 1 heterocycles. The zero-order valence-electron chi connectivity index (χ0n) is 12.3. The molecule has 20 heavy (non-hydrogen) atoms. The van der Waals surface area contributed by atoms with Crippen LogP contribution in [-0.2, 0) is 17.8 Å². The fourth-order valence-corrected chi connectivity index (χ4v) is 2.69. The first-order chi connectivity index (χ1) is 9.88. The molecule has 3 rings (SSSR count). The second kappa shape index (κ2) is 6.42. The summed E-state index contributed by atoms with van der Waals surface area (Å²) in [7, 11) is 0. The Balaban J connectivity index is 1.73. The minimum Gasteiger partial charge on any atom is -0.382 e. The third-order valence-corrected chi connectivity index (χ3v) is 3.92. The summed E-state index contributed by atoms with van der Waals surface area (Å²) >= 11 is 0. The highest BCUT2D eigenvalue weighted by atomic mass is 16.5. The molecule has 1 fully saturated rings. The maximum absolute atomic E-state index is 5.44. The Hall–Kier alpha value is -1.32. The molecule has 1 aromatic heterocycles. The maximum atomic E-state index is 5.44. The predicted octanol–water partition coefficient (Wildman–Crippen LogP) is 3.32. The number of hydrogen-bond donors (Lipinski definition) is 1. The monoisotopic (exact) mass is 272 g/mol. The lowest BCUT2D eigenvalue weighted by molar-refractivity contribution is 0.142. The van der Waals surface area contributed by atoms with Gasteiger partial charge in [-0.2, -0.15) is 0 Å². The van der Waals surface area contributed by atoms with E-state index in [1.165, 1.54) is 29.3 Å². The van der Waals surface area contributed by atoms with Crippen molar-refractivity contribution in [3.63, 3.8) is 0 Å². The summed E-state index contributed by atoms with van der Waals surface area (Å²) in [5.41, 5.74) is 2.80. The number of rotatable bonds is 8. The molecule has 108 valence electrons. The zero-order chi connectivity index (χ0) is 13.8. The van der Waals surface area contributed by atoms with Crippen LogP contribution in [0.4, 0.5) is 0 Å². The smallest absolute Gasteiger partial charge is 0.0525 e. The summed E-state index contributed by atoms with van der Waals surface area (Å²) in [4.78, 5) is 0. The van der Waals surface area contributed by atoms with E-state index in [9.17, 15) is 0 Å². The molecule has 2 aromatic rings. The van der Waals surface area contributed by atoms with E-state index in [4.69, 9.17) is 4.74 Å². The topological polar surface area (TPSA) is 26.2 Å². The molecule has 0 atom stereocenters. The van der Waals surface area contributed by atoms with Crippen LogP contribution in [0.15, 0.2) is 30.5 Å². The molecule has 0 unspecified atom stereocenters. The zero-order valence-corrected chi connectivity index (χ0v) is 12.3. The van der Waals surface area contributed by atoms with Crippen LogP contribution in [0.1, 0.15) is 31.7 Å². The van der Waals surface area contributed by atoms with Crippen LogP contribution in [0.25, 0.3) is 10.9 Å². The maximum Gasteiger partial charge on any atom is 0.0525 e. The van der Waals surface area contributed by atoms with Gasteiger partial charge in [-0.25, -0.2) is 0 Å². The molecule has 0 saturated heterocycles. The number of ether oxygens (including phenoxy) is 1. The van der Waals surface area contributed by atoms with E-state index < -0.39 is 0 Å². The molecule has 1 saturated carbocycles. The van der Waals surface area contributed by atoms with E-state index >= 15 is 0 Å². The predicted molar refractivity (Wildman–Crippen MR) is 82.9 cm³/mol. The summed E-state index contributed by atoms with van der Waals surface area (Å²) in [5, 5.41) is 4.96. The summed E-state index contributed by atoms with van der Waals surface area (Å²) in [6.07, 6.45) is 5.95. The van der Waals surface area contributed by atoms with Gasteiger partial charge in [0.1, 0.15) is 0 Å². The molecule has 0 amide bonds. The van der Waals surface area contributed by atoms with Gasteiger partial charge in [0.15, 0.2) is 0 Å². The third-order valence-electron chi connectivity index (χ3n) is 3.92. The van der Waals surface area contributed by atoms with Crippen LogP contribution >= 0.6 is 0 Å². The highest BCUT2D eigenvalue weighted by molar-refractivity contribution is 5.83. The van der Waals surface area contributed by atoms with Crippen molar-refractivity contribution in [3.05, 3.63) is 36.0 Å². The van der Waals surface area contributed by atoms with Crippen molar-refractivity contribution < 1.29 is 4.74 Å². The van der Waals surface area contributed by atoms with Crippen LogP contribution < -0.4 is 5.32 Å². The van der Waals surface area contributed by atoms with E-state index in [1.807, 2.05) is 6.92 Å². The van der Waals surface area contributed by atoms with Gasteiger partial charge in [0.2, 0.25) is 0 Å². The molecule has 1 N–H and O–H groups in total. The van der Waals surface area contributed by atoms with Crippen molar-refractivity contribution in [2.75, 3.05) is 13.2 Å². The van der Waals surface area contributed by atoms with Crippen molar-refractivity contribution in [1.29, 1.82) is 0 Å². The molecular weight excluding hydrogens is 248 g/mol. The van der Waals surface area contributed by atoms with Crippen LogP contribution in [0.5, 0.6) is 0 Å². The van der Waals surface area contributed by atoms with Gasteiger partial charge in [0.05, 0.1) is 5.52 Å². The fraction of sp³-hybridized carbons (Fsp3) is 0.529. The van der Waals surface area contributed by atoms with Gasteiger partial charge in [0, 0.05) is 38.5 Å². The Morgan fingerprint density at radius 2 is 2.20 bits per heavy atom. The van der Waals surface area contributed by atoms with E-state index in [0.717, 1.165) is 38.8 Å². The second-order valence-electron chi connectivity index (χ2n) is 5.57. The van der Waals surface area contributed by atoms with E-state index in [-0.39, 0.29) is 0 Å². The Bertz CT molecular complexity index is 557. The standard InChI is InChI=1S/C17H24N2O/c1-2-20-12-4-10-19-11-9-14-5-3-6-15(17(14)19)13-18-16-7-8-16/h3,5-6,9,11,16,18H,2,4,7-8,10,12-13H2,1H3. The molecule has 0 bridgehead atoms. The highest BCUT2D eigenvalue weighted by Crippen LogP contribution is 2.23. The van der Waals surface area contributed by atoms with Crippen molar-refractivity contribution in [3.8, 4) is 0 Å². The quantitative estimate of drug-likeness (QED) is 0.746. The molecule has 0 radical (unpaired) electrons. The van der Waals surface area contributed by atoms with Gasteiger partial charge in [-0.3, -0.25) is 0 Å². The number of nitrogens with zero attached hydrogens (tertiary/aromatic N) is 1. The molecular formula is C17H24N2O. The Labute approximate surface area is 120 Å². The summed E-state index contributed by atoms with van der Waals surface area (Å²) in [6, 6.07) is 9.59. The molecule has 0 spiro atoms. The molecule has 0 aliphatic heterocycles. The minimum atomic E-state index is 0.756. The first kappa shape index (κ1) is 13.7. The van der Waals surface area contributed by atoms with Gasteiger partial charge in [-0.1, -0.05) is 18.2 Å². The third kappa shape index (κ3) is 3.22. The normalized spacial score (nSPS) is 15.1. The average molecular weight is 272 g/mol. The van der Waals surface area contributed by atoms with Crippen LogP contribution in [0.2, 0.25) is 0 Å². The van der Waals surface area contributed by atoms with Crippen molar-refractivity contribution >= 4 is 10.9 Å². The number of fused-ring (bicyclic) bond motifs is 1. The number of nitrogens with one attached hydrogen (secondary N) is 1. The minimum absolute atomic E-state index is 0.756. The summed E-state index contributed by atoms with van der Waals surface area (Å²) < 4.78 is 7.81. The van der Waals surface area contributed by atoms with Crippen LogP contribution in [0.3, 0.4) is 0 Å². The van der Waals surface area contributed by atoms with Gasteiger partial charge >= 0.3 is 0 Å². The summed E-state index contributed by atoms with van der Waals surface area (Å²) in [6.45, 7) is 5.72. The summed E-state index contributed by atoms with van der Waals surface area (Å²) in [5.74, 6) is 0. The molecule has 1 aliphatic carbocycles. The van der Waals surface area contributed by atoms with Crippen LogP contribution in [0, 0.1) is 0 Å². The molecule has 3 heteroatoms. The Kier molecular flexibility index (Phi) is 4.38. The largest absolute Gasteiger partial charge is 0.382 e. The molecule has 1 aromatic carbocycles. The Morgan fingerprint density at radius 3 is 3.00 bits per heavy atom. The second-order valence-corrected chi connectivity index (χ2v) is 5.57. The number of aromatic nitrogens is 1. The SMILES string of the molecule is CCOCCCn1ccc2cccc(CNC3CC3)c21. The highest BCUT2D eigenvalue weighted by Gasteiger charge is 2.20. The average Bonchev–Trinajstić information content (AvgIpc) is 3.21. The van der Waals surface area contributed by atoms with E-state index in [2.05, 4.69) is 40.3 Å². The first-order valence-electron chi connectivity index (χ1n) is 7.76. The van der Waals surface area contributed by atoms with Crippen LogP contribution in [-0.4, -0.2) is 23.8 Å². The van der Waals surface area contributed by atoms with E-state index in [1.54, 1.807) is 0 Å². The molecule has 1 aliphatic rings. The van der Waals surface area contributed by atoms with Crippen molar-refractivity contribution in [1.82, 2.24) is 9.88 Å². The lowest BCUT2D eigenvalue weighted by atomic mass is 10.1. The van der Waals surface area contributed by atoms with Gasteiger partial charge in [-0.15, -0.1) is 0 Å². The van der Waals surface area contributed by atoms with E-state index in [0.29, 0.717) is 0 Å². The lowest BCUT2D eigenvalue weighted by Gasteiger charge is -2.11. The first-order valence-corrected chi connectivity index (χ1v) is 7.76. The van der Waals surface area contributed by atoms with Gasteiger partial charge < -0.3 is 14.6 Å². The Morgan fingerprint density at radius 1 is 1.30 bits per heavy atom. The fourth-order valence-electron chi connectivity index (χ4n) is 2.69. The lowest BCUT2D eigenvalue weighted by Crippen LogP contribution is -2.16.